The zero-order chi connectivity index (χ0) is 10.1. The topological polar surface area (TPSA) is 0 Å². The van der Waals surface area contributed by atoms with E-state index in [4.69, 9.17) is 11.6 Å². The van der Waals surface area contributed by atoms with Crippen molar-refractivity contribution < 1.29 is 13.2 Å². The Morgan fingerprint density at radius 3 is 2.23 bits per heavy atom. The highest BCUT2D eigenvalue weighted by molar-refractivity contribution is 7.80. The molecule has 0 aliphatic rings. The molecule has 0 atom stereocenters. The Morgan fingerprint density at radius 1 is 1.31 bits per heavy atom. The van der Waals surface area contributed by atoms with E-state index in [1.807, 2.05) is 0 Å². The lowest BCUT2D eigenvalue weighted by molar-refractivity contribution is 0.0948. The molecule has 0 bridgehead atoms. The molecular weight excluding hydrogens is 221 g/mol. The maximum Gasteiger partial charge on any atom is 0.348 e. The van der Waals surface area contributed by atoms with Gasteiger partial charge in [-0.1, -0.05) is 24.3 Å². The number of rotatable bonds is 2. The van der Waals surface area contributed by atoms with Crippen LogP contribution in [-0.4, -0.2) is 5.12 Å². The highest BCUT2D eigenvalue weighted by atomic mass is 35.5. The molecule has 0 saturated carbocycles. The van der Waals surface area contributed by atoms with Crippen molar-refractivity contribution in [2.75, 3.05) is 0 Å². The van der Waals surface area contributed by atoms with E-state index in [-0.39, 0.29) is 5.56 Å². The number of halogens is 4. The molecule has 0 radical (unpaired) electrons. The van der Waals surface area contributed by atoms with E-state index >= 15 is 0 Å². The molecule has 1 aromatic rings. The summed E-state index contributed by atoms with van der Waals surface area (Å²) in [6.45, 7) is 0. The van der Waals surface area contributed by atoms with Crippen molar-refractivity contribution in [3.8, 4) is 0 Å². The summed E-state index contributed by atoms with van der Waals surface area (Å²) in [5.74, 6) is 0. The summed E-state index contributed by atoms with van der Waals surface area (Å²) in [6.07, 6.45) is 0. The lowest BCUT2D eigenvalue weighted by Gasteiger charge is -2.10. The zero-order valence-electron chi connectivity index (χ0n) is 6.23. The summed E-state index contributed by atoms with van der Waals surface area (Å²) in [6, 6.07) is 4.95. The molecule has 13 heavy (non-hydrogen) atoms. The Labute approximate surface area is 83.3 Å². The van der Waals surface area contributed by atoms with Gasteiger partial charge >= 0.3 is 5.38 Å². The molecule has 5 heteroatoms. The third kappa shape index (κ3) is 2.42. The van der Waals surface area contributed by atoms with Gasteiger partial charge in [0.15, 0.2) is 5.12 Å². The fourth-order valence-electron chi connectivity index (χ4n) is 0.902. The van der Waals surface area contributed by atoms with Gasteiger partial charge in [-0.25, -0.2) is 0 Å². The highest BCUT2D eigenvalue weighted by Gasteiger charge is 2.31. The number of thiocarbonyl (C=S) groups is 1. The molecule has 0 aliphatic heterocycles. The average Bonchev–Trinajstić information content (AvgIpc) is 2.03. The zero-order valence-corrected chi connectivity index (χ0v) is 7.80. The lowest BCUT2D eigenvalue weighted by atomic mass is 10.1. The molecule has 0 aliphatic carbocycles. The standard InChI is InChI=1S/C8H4ClF3S/c9-8(11,12)6-4-2-1-3-5(6)7(10)13/h1-4H. The van der Waals surface area contributed by atoms with Crippen LogP contribution in [0.25, 0.3) is 0 Å². The summed E-state index contributed by atoms with van der Waals surface area (Å²) in [5, 5.41) is -4.68. The molecule has 0 N–H and O–H groups in total. The molecule has 70 valence electrons. The van der Waals surface area contributed by atoms with Crippen LogP contribution >= 0.6 is 23.8 Å². The van der Waals surface area contributed by atoms with Crippen LogP contribution in [0.1, 0.15) is 11.1 Å². The van der Waals surface area contributed by atoms with Crippen LogP contribution in [0.2, 0.25) is 0 Å². The molecular formula is C8H4ClF3S. The van der Waals surface area contributed by atoms with Gasteiger partial charge in [0.25, 0.3) is 0 Å². The first kappa shape index (κ1) is 10.5. The van der Waals surface area contributed by atoms with Gasteiger partial charge in [0.2, 0.25) is 0 Å². The number of benzene rings is 1. The minimum atomic E-state index is -3.59. The summed E-state index contributed by atoms with van der Waals surface area (Å²) < 4.78 is 37.8. The van der Waals surface area contributed by atoms with Crippen LogP contribution in [-0.2, 0) is 5.38 Å². The molecule has 0 saturated heterocycles. The van der Waals surface area contributed by atoms with Gasteiger partial charge in [-0.2, -0.15) is 13.2 Å². The lowest BCUT2D eigenvalue weighted by Crippen LogP contribution is -2.09. The van der Waals surface area contributed by atoms with Gasteiger partial charge in [-0.3, -0.25) is 0 Å². The van der Waals surface area contributed by atoms with Crippen molar-refractivity contribution in [3.05, 3.63) is 35.4 Å². The molecule has 0 unspecified atom stereocenters. The normalized spacial score (nSPS) is 11.4. The molecule has 0 fully saturated rings. The van der Waals surface area contributed by atoms with Gasteiger partial charge in [-0.05, 0) is 23.8 Å². The van der Waals surface area contributed by atoms with Crippen molar-refractivity contribution in [1.82, 2.24) is 0 Å². The molecule has 0 amide bonds. The monoisotopic (exact) mass is 224 g/mol. The Hall–Kier alpha value is -0.610. The second-order valence-electron chi connectivity index (χ2n) is 2.32. The molecule has 1 aromatic carbocycles. The molecule has 0 spiro atoms. The van der Waals surface area contributed by atoms with Crippen LogP contribution in [0.15, 0.2) is 24.3 Å². The van der Waals surface area contributed by atoms with Crippen LogP contribution in [0.4, 0.5) is 13.2 Å². The van der Waals surface area contributed by atoms with E-state index < -0.39 is 16.1 Å². The third-order valence-electron chi connectivity index (χ3n) is 1.44. The summed E-state index contributed by atoms with van der Waals surface area (Å²) in [7, 11) is 0. The Morgan fingerprint density at radius 2 is 1.85 bits per heavy atom. The van der Waals surface area contributed by atoms with E-state index in [9.17, 15) is 13.2 Å². The average molecular weight is 225 g/mol. The van der Waals surface area contributed by atoms with Crippen LogP contribution in [0.5, 0.6) is 0 Å². The molecule has 1 rings (SSSR count). The largest absolute Gasteiger partial charge is 0.348 e. The predicted molar refractivity (Wildman–Crippen MR) is 49.0 cm³/mol. The first-order valence-corrected chi connectivity index (χ1v) is 4.07. The summed E-state index contributed by atoms with van der Waals surface area (Å²) in [5.41, 5.74) is -0.943. The predicted octanol–water partition coefficient (Wildman–Crippen LogP) is 3.62. The molecule has 0 aromatic heterocycles. The van der Waals surface area contributed by atoms with E-state index in [0.717, 1.165) is 12.1 Å². The van der Waals surface area contributed by atoms with Crippen molar-refractivity contribution in [1.29, 1.82) is 0 Å². The van der Waals surface area contributed by atoms with Crippen molar-refractivity contribution in [2.45, 2.75) is 5.38 Å². The highest BCUT2D eigenvalue weighted by Crippen LogP contribution is 2.34. The number of alkyl halides is 3. The van der Waals surface area contributed by atoms with Crippen LogP contribution in [0, 0.1) is 0 Å². The van der Waals surface area contributed by atoms with Gasteiger partial charge < -0.3 is 0 Å². The number of hydrogen-bond donors (Lipinski definition) is 0. The fourth-order valence-corrected chi connectivity index (χ4v) is 1.24. The van der Waals surface area contributed by atoms with Crippen LogP contribution in [0.3, 0.4) is 0 Å². The van der Waals surface area contributed by atoms with E-state index in [1.165, 1.54) is 12.1 Å². The first-order chi connectivity index (χ1) is 5.93. The van der Waals surface area contributed by atoms with Crippen molar-refractivity contribution in [3.63, 3.8) is 0 Å². The second kappa shape index (κ2) is 3.64. The minimum Gasteiger partial charge on any atom is -0.194 e. The van der Waals surface area contributed by atoms with Gasteiger partial charge in [0, 0.05) is 11.1 Å². The summed E-state index contributed by atoms with van der Waals surface area (Å²) >= 11 is 8.91. The van der Waals surface area contributed by atoms with E-state index in [0.29, 0.717) is 0 Å². The van der Waals surface area contributed by atoms with E-state index in [1.54, 1.807) is 0 Å². The van der Waals surface area contributed by atoms with Crippen molar-refractivity contribution in [2.24, 2.45) is 0 Å². The van der Waals surface area contributed by atoms with Gasteiger partial charge in [0.1, 0.15) is 0 Å². The van der Waals surface area contributed by atoms with E-state index in [2.05, 4.69) is 12.2 Å². The quantitative estimate of drug-likeness (QED) is 0.420. The Balaban J connectivity index is 3.28. The maximum atomic E-state index is 12.6. The van der Waals surface area contributed by atoms with Gasteiger partial charge in [-0.15, -0.1) is 0 Å². The van der Waals surface area contributed by atoms with Crippen molar-refractivity contribution >= 4 is 28.9 Å². The summed E-state index contributed by atoms with van der Waals surface area (Å²) in [4.78, 5) is 0. The number of hydrogen-bond acceptors (Lipinski definition) is 1. The maximum absolute atomic E-state index is 12.6. The Bertz CT molecular complexity index is 332. The third-order valence-corrected chi connectivity index (χ3v) is 1.87. The molecule has 0 heterocycles. The smallest absolute Gasteiger partial charge is 0.194 e. The second-order valence-corrected chi connectivity index (χ2v) is 3.15. The Kier molecular flexibility index (Phi) is 2.93. The molecule has 0 nitrogen and oxygen atoms in total. The van der Waals surface area contributed by atoms with Gasteiger partial charge in [0.05, 0.1) is 0 Å². The first-order valence-electron chi connectivity index (χ1n) is 3.29. The fraction of sp³-hybridized carbons (Fsp3) is 0.125. The SMILES string of the molecule is FC(=S)c1ccccc1C(F)(F)Cl. The van der Waals surface area contributed by atoms with Crippen LogP contribution < -0.4 is 0 Å². The minimum absolute atomic E-state index is 0.336.